The van der Waals surface area contributed by atoms with E-state index in [1.54, 1.807) is 11.9 Å². The summed E-state index contributed by atoms with van der Waals surface area (Å²) in [5.74, 6) is 1.07. The molecule has 0 radical (unpaired) electrons. The molecule has 0 aromatic carbocycles. The van der Waals surface area contributed by atoms with Crippen molar-refractivity contribution in [3.8, 4) is 0 Å². The van der Waals surface area contributed by atoms with Gasteiger partial charge in [-0.3, -0.25) is 4.99 Å². The van der Waals surface area contributed by atoms with Crippen LogP contribution < -0.4 is 10.6 Å². The Labute approximate surface area is 152 Å². The zero-order valence-corrected chi connectivity index (χ0v) is 17.4. The van der Waals surface area contributed by atoms with Crippen molar-refractivity contribution < 1.29 is 9.53 Å². The van der Waals surface area contributed by atoms with Crippen LogP contribution in [0.25, 0.3) is 0 Å². The number of carbonyl (C=O) groups excluding carboxylic acids is 1. The molecule has 6 nitrogen and oxygen atoms in total. The summed E-state index contributed by atoms with van der Waals surface area (Å²) in [6.45, 7) is 14.7. The Kier molecular flexibility index (Phi) is 12.6. The number of halogens is 1. The zero-order chi connectivity index (χ0) is 16.5. The van der Waals surface area contributed by atoms with E-state index in [1.807, 2.05) is 34.6 Å². The minimum Gasteiger partial charge on any atom is -0.444 e. The van der Waals surface area contributed by atoms with Gasteiger partial charge < -0.3 is 20.3 Å². The maximum absolute atomic E-state index is 11.9. The molecular weight excluding hydrogens is 395 g/mol. The summed E-state index contributed by atoms with van der Waals surface area (Å²) in [6.07, 6.45) is -0.295. The quantitative estimate of drug-likeness (QED) is 0.388. The van der Waals surface area contributed by atoms with Crippen LogP contribution in [0.3, 0.4) is 0 Å². The third-order valence-electron chi connectivity index (χ3n) is 2.54. The van der Waals surface area contributed by atoms with Crippen molar-refractivity contribution in [3.63, 3.8) is 0 Å². The first-order valence-corrected chi connectivity index (χ1v) is 7.65. The molecule has 0 bridgehead atoms. The van der Waals surface area contributed by atoms with Crippen molar-refractivity contribution in [3.05, 3.63) is 0 Å². The minimum absolute atomic E-state index is 0. The van der Waals surface area contributed by atoms with Crippen molar-refractivity contribution in [2.24, 2.45) is 10.9 Å². The number of amides is 1. The molecular formula is C15H33IN4O2. The fourth-order valence-electron chi connectivity index (χ4n) is 1.70. The maximum atomic E-state index is 11.9. The van der Waals surface area contributed by atoms with Gasteiger partial charge in [-0.2, -0.15) is 0 Å². The van der Waals surface area contributed by atoms with E-state index in [0.29, 0.717) is 13.1 Å². The largest absolute Gasteiger partial charge is 0.444 e. The molecule has 132 valence electrons. The number of hydrogen-bond donors (Lipinski definition) is 2. The first-order chi connectivity index (χ1) is 9.69. The molecule has 1 unspecified atom stereocenters. The van der Waals surface area contributed by atoms with Crippen LogP contribution in [-0.4, -0.2) is 55.8 Å². The van der Waals surface area contributed by atoms with E-state index in [0.717, 1.165) is 19.0 Å². The van der Waals surface area contributed by atoms with E-state index in [2.05, 4.69) is 22.5 Å². The molecule has 0 aromatic heterocycles. The third kappa shape index (κ3) is 11.9. The van der Waals surface area contributed by atoms with Crippen LogP contribution in [0.15, 0.2) is 4.99 Å². The van der Waals surface area contributed by atoms with Crippen molar-refractivity contribution in [1.82, 2.24) is 15.5 Å². The van der Waals surface area contributed by atoms with Crippen LogP contribution in [0.2, 0.25) is 0 Å². The van der Waals surface area contributed by atoms with E-state index >= 15 is 0 Å². The Hall–Kier alpha value is -0.730. The molecule has 22 heavy (non-hydrogen) atoms. The molecule has 2 N–H and O–H groups in total. The Bertz CT molecular complexity index is 335. The van der Waals surface area contributed by atoms with Gasteiger partial charge in [0, 0.05) is 33.2 Å². The molecule has 1 amide bonds. The normalized spacial score (nSPS) is 11.8. The molecule has 0 aliphatic rings. The Morgan fingerprint density at radius 3 is 2.14 bits per heavy atom. The second kappa shape index (κ2) is 11.8. The van der Waals surface area contributed by atoms with Crippen LogP contribution in [0, 0.1) is 5.92 Å². The predicted molar refractivity (Wildman–Crippen MR) is 103 cm³/mol. The SMILES string of the molecule is CCNC(=NCC(C)CN(C)C(=O)OC(C)(C)C)NCC.I. The lowest BCUT2D eigenvalue weighted by Gasteiger charge is -2.26. The number of nitrogens with zero attached hydrogens (tertiary/aromatic N) is 2. The van der Waals surface area contributed by atoms with Crippen LogP contribution in [0.1, 0.15) is 41.5 Å². The van der Waals surface area contributed by atoms with Gasteiger partial charge in [0.15, 0.2) is 5.96 Å². The fourth-order valence-corrected chi connectivity index (χ4v) is 1.70. The van der Waals surface area contributed by atoms with Crippen LogP contribution in [0.4, 0.5) is 4.79 Å². The van der Waals surface area contributed by atoms with Crippen molar-refractivity contribution >= 4 is 36.0 Å². The van der Waals surface area contributed by atoms with Crippen molar-refractivity contribution in [2.75, 3.05) is 33.2 Å². The van der Waals surface area contributed by atoms with Gasteiger partial charge in [-0.15, -0.1) is 24.0 Å². The summed E-state index contributed by atoms with van der Waals surface area (Å²) >= 11 is 0. The monoisotopic (exact) mass is 428 g/mol. The first-order valence-electron chi connectivity index (χ1n) is 7.65. The van der Waals surface area contributed by atoms with Gasteiger partial charge in [-0.1, -0.05) is 6.92 Å². The molecule has 0 fully saturated rings. The lowest BCUT2D eigenvalue weighted by atomic mass is 10.2. The average Bonchev–Trinajstić information content (AvgIpc) is 2.34. The summed E-state index contributed by atoms with van der Waals surface area (Å²) in [5.41, 5.74) is -0.462. The smallest absolute Gasteiger partial charge is 0.410 e. The number of aliphatic imine (C=N–C) groups is 1. The highest BCUT2D eigenvalue weighted by Gasteiger charge is 2.20. The van der Waals surface area contributed by atoms with Gasteiger partial charge in [-0.25, -0.2) is 4.79 Å². The summed E-state index contributed by atoms with van der Waals surface area (Å²) in [5, 5.41) is 6.36. The zero-order valence-electron chi connectivity index (χ0n) is 15.0. The Morgan fingerprint density at radius 2 is 1.73 bits per heavy atom. The molecule has 7 heteroatoms. The molecule has 0 aliphatic heterocycles. The van der Waals surface area contributed by atoms with Crippen LogP contribution in [0.5, 0.6) is 0 Å². The Balaban J connectivity index is 0. The average molecular weight is 428 g/mol. The van der Waals surface area contributed by atoms with Gasteiger partial charge in [0.05, 0.1) is 0 Å². The number of carbonyl (C=O) groups is 1. The minimum atomic E-state index is -0.462. The highest BCUT2D eigenvalue weighted by atomic mass is 127. The molecule has 0 aromatic rings. The number of ether oxygens (including phenoxy) is 1. The second-order valence-electron chi connectivity index (χ2n) is 6.22. The van der Waals surface area contributed by atoms with Gasteiger partial charge in [0.25, 0.3) is 0 Å². The third-order valence-corrected chi connectivity index (χ3v) is 2.54. The van der Waals surface area contributed by atoms with Crippen LogP contribution >= 0.6 is 24.0 Å². The molecule has 0 rings (SSSR count). The topological polar surface area (TPSA) is 66.0 Å². The molecule has 0 saturated carbocycles. The van der Waals surface area contributed by atoms with E-state index in [-0.39, 0.29) is 36.0 Å². The molecule has 0 spiro atoms. The highest BCUT2D eigenvalue weighted by Crippen LogP contribution is 2.10. The molecule has 1 atom stereocenters. The highest BCUT2D eigenvalue weighted by molar-refractivity contribution is 14.0. The Morgan fingerprint density at radius 1 is 1.23 bits per heavy atom. The van der Waals surface area contributed by atoms with Crippen LogP contribution in [-0.2, 0) is 4.74 Å². The summed E-state index contributed by atoms with van der Waals surface area (Å²) in [6, 6.07) is 0. The molecule has 0 aliphatic carbocycles. The standard InChI is InChI=1S/C15H32N4O2.HI/c1-8-16-13(17-9-2)18-10-12(3)11-19(7)14(20)21-15(4,5)6;/h12H,8-11H2,1-7H3,(H2,16,17,18);1H. The van der Waals surface area contributed by atoms with Gasteiger partial charge in [0.2, 0.25) is 0 Å². The second-order valence-corrected chi connectivity index (χ2v) is 6.22. The summed E-state index contributed by atoms with van der Waals surface area (Å²) < 4.78 is 5.33. The van der Waals surface area contributed by atoms with Gasteiger partial charge in [-0.05, 0) is 40.5 Å². The first kappa shape index (κ1) is 23.5. The maximum Gasteiger partial charge on any atom is 0.410 e. The fraction of sp³-hybridized carbons (Fsp3) is 0.867. The summed E-state index contributed by atoms with van der Waals surface area (Å²) in [4.78, 5) is 18.0. The predicted octanol–water partition coefficient (Wildman–Crippen LogP) is 2.68. The van der Waals surface area contributed by atoms with E-state index in [9.17, 15) is 4.79 Å². The summed E-state index contributed by atoms with van der Waals surface area (Å²) in [7, 11) is 1.75. The number of nitrogens with one attached hydrogen (secondary N) is 2. The lowest BCUT2D eigenvalue weighted by Crippen LogP contribution is -2.39. The number of rotatable bonds is 6. The van der Waals surface area contributed by atoms with E-state index in [1.165, 1.54) is 0 Å². The van der Waals surface area contributed by atoms with Gasteiger partial charge in [0.1, 0.15) is 5.60 Å². The lowest BCUT2D eigenvalue weighted by molar-refractivity contribution is 0.0279. The van der Waals surface area contributed by atoms with E-state index in [4.69, 9.17) is 4.74 Å². The van der Waals surface area contributed by atoms with Crippen molar-refractivity contribution in [2.45, 2.75) is 47.1 Å². The van der Waals surface area contributed by atoms with Crippen molar-refractivity contribution in [1.29, 1.82) is 0 Å². The number of hydrogen-bond acceptors (Lipinski definition) is 3. The van der Waals surface area contributed by atoms with Gasteiger partial charge >= 0.3 is 6.09 Å². The molecule has 0 heterocycles. The molecule has 0 saturated heterocycles. The van der Waals surface area contributed by atoms with E-state index < -0.39 is 5.60 Å². The number of guanidine groups is 1.